The van der Waals surface area contributed by atoms with E-state index in [1.165, 1.54) is 21.3 Å². The Hall–Kier alpha value is -6.26. The number of alkyl carbamates (subject to hydrolysis) is 2. The second-order valence-electron chi connectivity index (χ2n) is 17.2. The molecule has 3 aromatic carbocycles. The summed E-state index contributed by atoms with van der Waals surface area (Å²) >= 11 is 0. The third kappa shape index (κ3) is 8.31. The number of hydrogen-bond acceptors (Lipinski definition) is 11. The average molecular weight is 874 g/mol. The zero-order valence-electron chi connectivity index (χ0n) is 36.7. The number of ether oxygens (including phenoxy) is 5. The van der Waals surface area contributed by atoms with Crippen LogP contribution >= 0.6 is 0 Å². The smallest absolute Gasteiger partial charge is 0.407 e. The van der Waals surface area contributed by atoms with Gasteiger partial charge in [-0.3, -0.25) is 14.6 Å². The number of carbonyl (C=O) groups excluding carboxylic acids is 4. The number of nitrogens with one attached hydrogen (secondary N) is 3. The van der Waals surface area contributed by atoms with Crippen LogP contribution in [-0.4, -0.2) is 121 Å². The van der Waals surface area contributed by atoms with E-state index in [0.29, 0.717) is 58.0 Å². The van der Waals surface area contributed by atoms with Crippen molar-refractivity contribution < 1.29 is 42.9 Å². The van der Waals surface area contributed by atoms with Crippen LogP contribution < -0.4 is 15.4 Å². The van der Waals surface area contributed by atoms with Crippen LogP contribution in [0.3, 0.4) is 0 Å². The van der Waals surface area contributed by atoms with Gasteiger partial charge < -0.3 is 49.1 Å². The van der Waals surface area contributed by atoms with Gasteiger partial charge in [-0.2, -0.15) is 0 Å². The molecule has 0 saturated carbocycles. The molecule has 16 nitrogen and oxygen atoms in total. The first-order valence-corrected chi connectivity index (χ1v) is 22.2. The summed E-state index contributed by atoms with van der Waals surface area (Å²) in [5.74, 6) is 1.17. The molecule has 5 aliphatic rings. The Morgan fingerprint density at radius 2 is 1.55 bits per heavy atom. The van der Waals surface area contributed by atoms with Crippen LogP contribution in [0.15, 0.2) is 65.9 Å². The van der Waals surface area contributed by atoms with Crippen molar-refractivity contribution in [3.63, 3.8) is 0 Å². The molecule has 6 heterocycles. The number of hydrogen-bond donors (Lipinski definition) is 3. The molecule has 3 N–H and O–H groups in total. The monoisotopic (exact) mass is 873 g/mol. The van der Waals surface area contributed by atoms with E-state index in [4.69, 9.17) is 33.7 Å². The van der Waals surface area contributed by atoms with E-state index in [1.807, 2.05) is 11.1 Å². The van der Waals surface area contributed by atoms with Gasteiger partial charge in [-0.1, -0.05) is 30.3 Å². The fraction of sp³-hybridized carbons (Fsp3) is 0.458. The van der Waals surface area contributed by atoms with Crippen molar-refractivity contribution in [3.05, 3.63) is 77.9 Å². The Labute approximate surface area is 371 Å². The second-order valence-corrected chi connectivity index (χ2v) is 17.2. The molecular formula is C48H55N7O9. The third-order valence-corrected chi connectivity index (χ3v) is 13.6. The van der Waals surface area contributed by atoms with E-state index in [-0.39, 0.29) is 29.8 Å². The molecule has 9 rings (SSSR count). The lowest BCUT2D eigenvalue weighted by Gasteiger charge is -2.34. The van der Waals surface area contributed by atoms with Crippen molar-refractivity contribution in [1.29, 1.82) is 0 Å². The zero-order chi connectivity index (χ0) is 44.5. The normalized spacial score (nSPS) is 20.9. The molecule has 1 aromatic heterocycles. The SMILES string of the molecule is COC(=O)N[C@H](C(=O)N1CCC[C@H]1C1=NC=C(c2ccc3c(c2)COc2c-3ccc3cc(-c4cnc([C@@H]5CCCN5C(=O)[C@@H](NC(=O)OC)[C@@H](C)OC)[nH]4)ccc23)C1)C1CCOCC1. The minimum atomic E-state index is -0.905. The number of methoxy groups -OCH3 is 3. The number of carbonyl (C=O) groups is 4. The molecule has 3 saturated heterocycles. The van der Waals surface area contributed by atoms with Gasteiger partial charge in [0.25, 0.3) is 0 Å². The number of aromatic nitrogens is 2. The summed E-state index contributed by atoms with van der Waals surface area (Å²) in [5, 5.41) is 7.51. The summed E-state index contributed by atoms with van der Waals surface area (Å²) < 4.78 is 27.2. The minimum Gasteiger partial charge on any atom is -0.488 e. The van der Waals surface area contributed by atoms with Crippen LogP contribution in [-0.2, 0) is 35.1 Å². The fourth-order valence-electron chi connectivity index (χ4n) is 10.0. The number of amides is 4. The van der Waals surface area contributed by atoms with Crippen LogP contribution in [0.1, 0.15) is 74.9 Å². The largest absolute Gasteiger partial charge is 0.488 e. The Morgan fingerprint density at radius 3 is 2.31 bits per heavy atom. The summed E-state index contributed by atoms with van der Waals surface area (Å²) in [6, 6.07) is 15.0. The molecule has 5 atom stereocenters. The molecule has 4 aromatic rings. The lowest BCUT2D eigenvalue weighted by molar-refractivity contribution is -0.137. The van der Waals surface area contributed by atoms with E-state index < -0.39 is 30.4 Å². The topological polar surface area (TPSA) is 186 Å². The predicted molar refractivity (Wildman–Crippen MR) is 238 cm³/mol. The van der Waals surface area contributed by atoms with E-state index in [1.54, 1.807) is 18.0 Å². The Balaban J connectivity index is 0.879. The van der Waals surface area contributed by atoms with Crippen molar-refractivity contribution in [2.24, 2.45) is 10.9 Å². The summed E-state index contributed by atoms with van der Waals surface area (Å²) in [6.07, 6.45) is 7.15. The van der Waals surface area contributed by atoms with Crippen molar-refractivity contribution in [2.45, 2.75) is 88.7 Å². The lowest BCUT2D eigenvalue weighted by atomic mass is 9.89. The number of aromatic amines is 1. The number of nitrogens with zero attached hydrogens (tertiary/aromatic N) is 4. The second kappa shape index (κ2) is 18.5. The number of aliphatic imine (C=N–C) groups is 1. The van der Waals surface area contributed by atoms with Crippen LogP contribution in [0.4, 0.5) is 9.59 Å². The molecule has 0 aliphatic carbocycles. The maximum Gasteiger partial charge on any atom is 0.407 e. The number of allylic oxidation sites excluding steroid dienone is 1. The van der Waals surface area contributed by atoms with Gasteiger partial charge in [-0.15, -0.1) is 0 Å². The molecule has 4 amide bonds. The molecule has 64 heavy (non-hydrogen) atoms. The summed E-state index contributed by atoms with van der Waals surface area (Å²) in [4.78, 5) is 69.0. The Morgan fingerprint density at radius 1 is 0.828 bits per heavy atom. The minimum absolute atomic E-state index is 0.0185. The molecule has 5 aliphatic heterocycles. The lowest BCUT2D eigenvalue weighted by Crippen LogP contribution is -2.55. The van der Waals surface area contributed by atoms with Crippen molar-refractivity contribution in [2.75, 3.05) is 47.6 Å². The molecule has 0 spiro atoms. The average Bonchev–Trinajstić information content (AvgIpc) is 4.19. The van der Waals surface area contributed by atoms with Gasteiger partial charge in [-0.05, 0) is 97.2 Å². The van der Waals surface area contributed by atoms with E-state index in [9.17, 15) is 19.2 Å². The van der Waals surface area contributed by atoms with Crippen molar-refractivity contribution in [1.82, 2.24) is 30.4 Å². The summed E-state index contributed by atoms with van der Waals surface area (Å²) in [6.45, 7) is 4.44. The molecule has 0 radical (unpaired) electrons. The van der Waals surface area contributed by atoms with Crippen LogP contribution in [0.25, 0.3) is 38.7 Å². The van der Waals surface area contributed by atoms with Gasteiger partial charge in [0.2, 0.25) is 11.8 Å². The predicted octanol–water partition coefficient (Wildman–Crippen LogP) is 6.54. The maximum absolute atomic E-state index is 14.1. The van der Waals surface area contributed by atoms with Gasteiger partial charge in [0, 0.05) is 68.3 Å². The number of benzene rings is 3. The Kier molecular flexibility index (Phi) is 12.4. The first kappa shape index (κ1) is 43.0. The number of H-pyrrole nitrogens is 1. The third-order valence-electron chi connectivity index (χ3n) is 13.6. The number of fused-ring (bicyclic) bond motifs is 5. The van der Waals surface area contributed by atoms with Gasteiger partial charge in [0.1, 0.15) is 30.3 Å². The first-order chi connectivity index (χ1) is 31.1. The number of rotatable bonds is 11. The van der Waals surface area contributed by atoms with Crippen molar-refractivity contribution in [3.8, 4) is 28.1 Å². The number of likely N-dealkylation sites (tertiary alicyclic amines) is 2. The van der Waals surface area contributed by atoms with E-state index in [0.717, 1.165) is 87.0 Å². The molecular weight excluding hydrogens is 819 g/mol. The van der Waals surface area contributed by atoms with Gasteiger partial charge in [-0.25, -0.2) is 14.6 Å². The highest BCUT2D eigenvalue weighted by Gasteiger charge is 2.42. The molecule has 0 bridgehead atoms. The fourth-order valence-corrected chi connectivity index (χ4v) is 10.0. The molecule has 16 heteroatoms. The van der Waals surface area contributed by atoms with Gasteiger partial charge in [0.05, 0.1) is 44.3 Å². The summed E-state index contributed by atoms with van der Waals surface area (Å²) in [7, 11) is 4.08. The number of imidazole rings is 1. The van der Waals surface area contributed by atoms with E-state index >= 15 is 0 Å². The van der Waals surface area contributed by atoms with Gasteiger partial charge in [0.15, 0.2) is 0 Å². The molecule has 336 valence electrons. The van der Waals surface area contributed by atoms with E-state index in [2.05, 4.69) is 64.1 Å². The Bertz CT molecular complexity index is 2510. The van der Waals surface area contributed by atoms with Gasteiger partial charge >= 0.3 is 12.2 Å². The molecule has 0 unspecified atom stereocenters. The molecule has 3 fully saturated rings. The standard InChI is InChI=1S/C48H55N7O9/c1-27(60-2)41(52-47(58)61-3)45(56)55-18-6-8-40(55)44-50-25-38(51-44)31-11-13-35-30(22-31)10-14-36-34-12-9-29(21-33(34)26-64-43(35)36)32-23-37(49-24-32)39-7-5-17-54(39)46(57)42(53-48(59)62-4)28-15-19-63-20-16-28/h9-14,21-22,24-25,27-28,39-42H,5-8,15-20,23,26H2,1-4H3,(H,50,51)(H,52,58)(H,53,59)/t27-,39+,40+,41+,42+/m1/s1. The highest BCUT2D eigenvalue weighted by atomic mass is 16.5. The van der Waals surface area contributed by atoms with Crippen LogP contribution in [0, 0.1) is 5.92 Å². The zero-order valence-corrected chi connectivity index (χ0v) is 36.7. The summed E-state index contributed by atoms with van der Waals surface area (Å²) in [5.41, 5.74) is 8.16. The maximum atomic E-state index is 14.1. The van der Waals surface area contributed by atoms with Crippen molar-refractivity contribution >= 4 is 46.1 Å². The highest BCUT2D eigenvalue weighted by Crippen LogP contribution is 2.44. The first-order valence-electron chi connectivity index (χ1n) is 22.2. The quantitative estimate of drug-likeness (QED) is 0.150. The van der Waals surface area contributed by atoms with Crippen LogP contribution in [0.5, 0.6) is 5.75 Å². The van der Waals surface area contributed by atoms with Crippen LogP contribution in [0.2, 0.25) is 0 Å². The highest BCUT2D eigenvalue weighted by molar-refractivity contribution is 6.04.